The van der Waals surface area contributed by atoms with Crippen LogP contribution < -0.4 is 25.0 Å². The van der Waals surface area contributed by atoms with Crippen LogP contribution in [-0.4, -0.2) is 33.4 Å². The van der Waals surface area contributed by atoms with Crippen LogP contribution in [0.3, 0.4) is 0 Å². The topological polar surface area (TPSA) is 45.8 Å². The predicted molar refractivity (Wildman–Crippen MR) is 100 cm³/mol. The smallest absolute Gasteiger partial charge is 0.175 e. The van der Waals surface area contributed by atoms with Gasteiger partial charge in [0.15, 0.2) is 5.11 Å². The van der Waals surface area contributed by atoms with Crippen LogP contribution in [0.2, 0.25) is 0 Å². The van der Waals surface area contributed by atoms with Crippen molar-refractivity contribution >= 4 is 34.4 Å². The number of benzene rings is 2. The molecule has 0 saturated heterocycles. The quantitative estimate of drug-likeness (QED) is 0.817. The maximum atomic E-state index is 5.36. The minimum absolute atomic E-state index is 0.481. The molecule has 0 aliphatic carbocycles. The molecule has 0 bridgehead atoms. The summed E-state index contributed by atoms with van der Waals surface area (Å²) in [6, 6.07) is 13.5. The molecule has 2 N–H and O–H groups in total. The summed E-state index contributed by atoms with van der Waals surface area (Å²) >= 11 is 5.36. The molecule has 0 aliphatic rings. The van der Waals surface area contributed by atoms with Crippen molar-refractivity contribution in [3.05, 3.63) is 42.5 Å². The molecule has 0 atom stereocenters. The van der Waals surface area contributed by atoms with Crippen LogP contribution in [0.4, 0.5) is 17.1 Å². The molecular formula is C17H21N3O2S. The second kappa shape index (κ2) is 7.69. The van der Waals surface area contributed by atoms with Crippen molar-refractivity contribution in [2.24, 2.45) is 0 Å². The first-order chi connectivity index (χ1) is 11.0. The van der Waals surface area contributed by atoms with Gasteiger partial charge in [-0.15, -0.1) is 0 Å². The number of rotatable bonds is 5. The zero-order valence-electron chi connectivity index (χ0n) is 13.7. The third-order valence-corrected chi connectivity index (χ3v) is 3.50. The van der Waals surface area contributed by atoms with E-state index in [0.29, 0.717) is 10.9 Å². The van der Waals surface area contributed by atoms with Gasteiger partial charge in [0.2, 0.25) is 0 Å². The molecule has 2 rings (SSSR count). The summed E-state index contributed by atoms with van der Waals surface area (Å²) in [6.07, 6.45) is 0. The Morgan fingerprint density at radius 2 is 1.65 bits per heavy atom. The molecule has 0 aliphatic heterocycles. The van der Waals surface area contributed by atoms with E-state index in [2.05, 4.69) is 10.6 Å². The number of thiocarbonyl (C=S) groups is 1. The third-order valence-electron chi connectivity index (χ3n) is 3.30. The Morgan fingerprint density at radius 1 is 0.957 bits per heavy atom. The molecule has 23 heavy (non-hydrogen) atoms. The van der Waals surface area contributed by atoms with Crippen molar-refractivity contribution in [3.63, 3.8) is 0 Å². The number of hydrogen-bond donors (Lipinski definition) is 2. The fourth-order valence-electron chi connectivity index (χ4n) is 2.04. The molecule has 5 nitrogen and oxygen atoms in total. The van der Waals surface area contributed by atoms with Gasteiger partial charge in [0, 0.05) is 31.5 Å². The fraction of sp³-hybridized carbons (Fsp3) is 0.235. The molecular weight excluding hydrogens is 310 g/mol. The Balaban J connectivity index is 2.07. The molecule has 2 aromatic carbocycles. The highest BCUT2D eigenvalue weighted by Gasteiger charge is 2.07. The van der Waals surface area contributed by atoms with E-state index < -0.39 is 0 Å². The summed E-state index contributed by atoms with van der Waals surface area (Å²) in [6.45, 7) is 0. The lowest BCUT2D eigenvalue weighted by Gasteiger charge is -2.16. The van der Waals surface area contributed by atoms with Crippen LogP contribution in [0.25, 0.3) is 0 Å². The van der Waals surface area contributed by atoms with Gasteiger partial charge in [0.1, 0.15) is 11.5 Å². The van der Waals surface area contributed by atoms with Gasteiger partial charge in [-0.3, -0.25) is 0 Å². The van der Waals surface area contributed by atoms with Crippen LogP contribution in [0.5, 0.6) is 11.5 Å². The van der Waals surface area contributed by atoms with Crippen molar-refractivity contribution in [3.8, 4) is 11.5 Å². The molecule has 0 heterocycles. The third kappa shape index (κ3) is 4.50. The molecule has 6 heteroatoms. The minimum atomic E-state index is 0.481. The van der Waals surface area contributed by atoms with E-state index in [9.17, 15) is 0 Å². The van der Waals surface area contributed by atoms with E-state index in [1.54, 1.807) is 14.2 Å². The van der Waals surface area contributed by atoms with E-state index in [1.807, 2.05) is 61.5 Å². The van der Waals surface area contributed by atoms with E-state index in [1.165, 1.54) is 0 Å². The molecule has 0 saturated carbocycles. The summed E-state index contributed by atoms with van der Waals surface area (Å²) in [5.74, 6) is 1.42. The van der Waals surface area contributed by atoms with Crippen molar-refractivity contribution in [1.29, 1.82) is 0 Å². The highest BCUT2D eigenvalue weighted by atomic mass is 32.1. The standard InChI is InChI=1S/C17H21N3O2S/c1-20(2)13-7-5-12(6-8-13)18-17(23)19-15-11-14(21-3)9-10-16(15)22-4/h5-11H,1-4H3,(H2,18,19,23). The maximum Gasteiger partial charge on any atom is 0.175 e. The molecule has 0 fully saturated rings. The first-order valence-electron chi connectivity index (χ1n) is 7.11. The zero-order valence-corrected chi connectivity index (χ0v) is 14.5. The van der Waals surface area contributed by atoms with Crippen LogP contribution >= 0.6 is 12.2 Å². The van der Waals surface area contributed by atoms with Gasteiger partial charge in [0.25, 0.3) is 0 Å². The normalized spacial score (nSPS) is 9.91. The van der Waals surface area contributed by atoms with Crippen LogP contribution in [0, 0.1) is 0 Å². The summed E-state index contributed by atoms with van der Waals surface area (Å²) in [5.41, 5.74) is 2.79. The van der Waals surface area contributed by atoms with Gasteiger partial charge in [-0.25, -0.2) is 0 Å². The monoisotopic (exact) mass is 331 g/mol. The van der Waals surface area contributed by atoms with Gasteiger partial charge in [-0.2, -0.15) is 0 Å². The van der Waals surface area contributed by atoms with Crippen LogP contribution in [0.1, 0.15) is 0 Å². The number of nitrogens with zero attached hydrogens (tertiary/aromatic N) is 1. The summed E-state index contributed by atoms with van der Waals surface area (Å²) in [5, 5.41) is 6.76. The number of ether oxygens (including phenoxy) is 2. The molecule has 2 aromatic rings. The summed E-state index contributed by atoms with van der Waals surface area (Å²) < 4.78 is 10.6. The van der Waals surface area contributed by atoms with E-state index in [0.717, 1.165) is 22.8 Å². The Hall–Kier alpha value is -2.47. The second-order valence-corrected chi connectivity index (χ2v) is 5.49. The SMILES string of the molecule is COc1ccc(OC)c(NC(=S)Nc2ccc(N(C)C)cc2)c1. The minimum Gasteiger partial charge on any atom is -0.497 e. The largest absolute Gasteiger partial charge is 0.497 e. The highest BCUT2D eigenvalue weighted by molar-refractivity contribution is 7.80. The van der Waals surface area contributed by atoms with Crippen molar-refractivity contribution in [2.75, 3.05) is 43.8 Å². The lowest BCUT2D eigenvalue weighted by atomic mass is 10.2. The van der Waals surface area contributed by atoms with Crippen molar-refractivity contribution in [2.45, 2.75) is 0 Å². The lowest BCUT2D eigenvalue weighted by Crippen LogP contribution is -2.19. The molecule has 0 radical (unpaired) electrons. The summed E-state index contributed by atoms with van der Waals surface area (Å²) in [7, 11) is 7.24. The maximum absolute atomic E-state index is 5.36. The van der Waals surface area contributed by atoms with Gasteiger partial charge in [-0.05, 0) is 48.6 Å². The van der Waals surface area contributed by atoms with Crippen molar-refractivity contribution < 1.29 is 9.47 Å². The predicted octanol–water partition coefficient (Wildman–Crippen LogP) is 3.58. The molecule has 0 amide bonds. The van der Waals surface area contributed by atoms with E-state index in [4.69, 9.17) is 21.7 Å². The summed E-state index contributed by atoms with van der Waals surface area (Å²) in [4.78, 5) is 2.04. The number of anilines is 3. The van der Waals surface area contributed by atoms with E-state index >= 15 is 0 Å². The molecule has 0 aromatic heterocycles. The molecule has 0 unspecified atom stereocenters. The first-order valence-corrected chi connectivity index (χ1v) is 7.51. The van der Waals surface area contributed by atoms with Gasteiger partial charge in [0.05, 0.1) is 19.9 Å². The van der Waals surface area contributed by atoms with Crippen molar-refractivity contribution in [1.82, 2.24) is 0 Å². The number of methoxy groups -OCH3 is 2. The lowest BCUT2D eigenvalue weighted by molar-refractivity contribution is 0.405. The Labute approximate surface area is 142 Å². The van der Waals surface area contributed by atoms with Crippen LogP contribution in [-0.2, 0) is 0 Å². The Bertz CT molecular complexity index is 672. The molecule has 122 valence electrons. The first kappa shape index (κ1) is 16.9. The second-order valence-electron chi connectivity index (χ2n) is 5.09. The highest BCUT2D eigenvalue weighted by Crippen LogP contribution is 2.29. The van der Waals surface area contributed by atoms with Gasteiger partial charge < -0.3 is 25.0 Å². The Kier molecular flexibility index (Phi) is 5.65. The average Bonchev–Trinajstić information content (AvgIpc) is 2.55. The fourth-order valence-corrected chi connectivity index (χ4v) is 2.27. The molecule has 0 spiro atoms. The number of nitrogens with one attached hydrogen (secondary N) is 2. The average molecular weight is 331 g/mol. The number of hydrogen-bond acceptors (Lipinski definition) is 4. The zero-order chi connectivity index (χ0) is 16.8. The van der Waals surface area contributed by atoms with Crippen LogP contribution in [0.15, 0.2) is 42.5 Å². The van der Waals surface area contributed by atoms with E-state index in [-0.39, 0.29) is 0 Å². The Morgan fingerprint density at radius 3 is 2.22 bits per heavy atom. The van der Waals surface area contributed by atoms with Gasteiger partial charge >= 0.3 is 0 Å². The van der Waals surface area contributed by atoms with Gasteiger partial charge in [-0.1, -0.05) is 0 Å².